The summed E-state index contributed by atoms with van der Waals surface area (Å²) in [6.45, 7) is 7.29. The van der Waals surface area contributed by atoms with Gasteiger partial charge in [-0.15, -0.1) is 0 Å². The van der Waals surface area contributed by atoms with Crippen LogP contribution in [0.1, 0.15) is 69.8 Å². The number of carbonyl (C=O) groups excluding carboxylic acids is 4. The Morgan fingerprint density at radius 2 is 1.87 bits per heavy atom. The monoisotopic (exact) mass is 537 g/mol. The summed E-state index contributed by atoms with van der Waals surface area (Å²) in [5, 5.41) is 0.998. The first kappa shape index (κ1) is 31.0. The van der Waals surface area contributed by atoms with Crippen LogP contribution < -0.4 is 11.3 Å². The van der Waals surface area contributed by atoms with Gasteiger partial charge in [0.2, 0.25) is 6.10 Å². The second-order valence-electron chi connectivity index (χ2n) is 8.24. The molecular weight excluding hydrogens is 502 g/mol. The van der Waals surface area contributed by atoms with Gasteiger partial charge in [-0.3, -0.25) is 14.4 Å². The zero-order valence-electron chi connectivity index (χ0n) is 23.0. The number of ether oxygens (including phenoxy) is 2. The maximum atomic E-state index is 13.0. The van der Waals surface area contributed by atoms with Gasteiger partial charge < -0.3 is 24.6 Å². The lowest BCUT2D eigenvalue weighted by atomic mass is 10.00. The molecule has 1 atom stereocenters. The van der Waals surface area contributed by atoms with Gasteiger partial charge in [0.25, 0.3) is 5.56 Å². The van der Waals surface area contributed by atoms with E-state index >= 15 is 0 Å². The number of Topliss-reactive ketones (excluding diaryl/α,β-unsaturated/α-hetero) is 1. The van der Waals surface area contributed by atoms with E-state index in [0.717, 1.165) is 22.8 Å². The molecule has 5 rings (SSSR count). The summed E-state index contributed by atoms with van der Waals surface area (Å²) in [7, 11) is 1.50. The first-order chi connectivity index (χ1) is 18.8. The number of esters is 2. The highest BCUT2D eigenvalue weighted by Gasteiger charge is 2.36. The van der Waals surface area contributed by atoms with Gasteiger partial charge in [0.05, 0.1) is 29.0 Å². The number of nitrogens with zero attached hydrogens (tertiary/aromatic N) is 2. The van der Waals surface area contributed by atoms with Gasteiger partial charge in [0, 0.05) is 42.7 Å². The van der Waals surface area contributed by atoms with Crippen LogP contribution in [0.5, 0.6) is 0 Å². The number of fused-ring (bicyclic) bond motifs is 5. The number of ketones is 1. The number of para-hydroxylation sites is 1. The lowest BCUT2D eigenvalue weighted by Gasteiger charge is -2.24. The maximum Gasteiger partial charge on any atom is 0.352 e. The average Bonchev–Trinajstić information content (AvgIpc) is 3.32. The summed E-state index contributed by atoms with van der Waals surface area (Å²) in [5.41, 5.74) is 8.03. The fourth-order valence-electron chi connectivity index (χ4n) is 4.13. The highest BCUT2D eigenvalue weighted by molar-refractivity contribution is 5.85. The van der Waals surface area contributed by atoms with Crippen molar-refractivity contribution in [2.45, 2.75) is 66.2 Å². The summed E-state index contributed by atoms with van der Waals surface area (Å²) in [6.07, 6.45) is 0.892. The number of hydrogen-bond donors (Lipinski definition) is 1. The molecule has 4 heterocycles. The quantitative estimate of drug-likeness (QED) is 0.298. The predicted octanol–water partition coefficient (Wildman–Crippen LogP) is 3.63. The minimum absolute atomic E-state index is 0.128. The molecule has 3 aromatic rings. The van der Waals surface area contributed by atoms with Crippen LogP contribution in [-0.4, -0.2) is 40.6 Å². The lowest BCUT2D eigenvalue weighted by Crippen LogP contribution is -2.34. The van der Waals surface area contributed by atoms with Crippen molar-refractivity contribution in [3.63, 3.8) is 0 Å². The third-order valence-corrected chi connectivity index (χ3v) is 5.88. The molecule has 1 aromatic carbocycles. The number of hydrogen-bond acceptors (Lipinski definition) is 9. The van der Waals surface area contributed by atoms with Crippen molar-refractivity contribution >= 4 is 34.9 Å². The Balaban J connectivity index is 0.000000382. The van der Waals surface area contributed by atoms with E-state index in [1.165, 1.54) is 14.0 Å². The highest BCUT2D eigenvalue weighted by Crippen LogP contribution is 2.36. The van der Waals surface area contributed by atoms with Crippen molar-refractivity contribution in [3.05, 3.63) is 63.4 Å². The number of nitrogens with two attached hydrogens (primary N) is 1. The Bertz CT molecular complexity index is 1410. The molecule has 2 N–H and O–H groups in total. The molecule has 10 heteroatoms. The summed E-state index contributed by atoms with van der Waals surface area (Å²) in [4.78, 5) is 61.3. The van der Waals surface area contributed by atoms with Gasteiger partial charge in [-0.1, -0.05) is 39.0 Å². The summed E-state index contributed by atoms with van der Waals surface area (Å²) in [5.74, 6) is -1.13. The molecule has 10 nitrogen and oxygen atoms in total. The van der Waals surface area contributed by atoms with Gasteiger partial charge >= 0.3 is 11.9 Å². The van der Waals surface area contributed by atoms with E-state index in [4.69, 9.17) is 14.5 Å². The van der Waals surface area contributed by atoms with E-state index in [1.54, 1.807) is 17.6 Å². The third-order valence-electron chi connectivity index (χ3n) is 5.88. The molecular formula is C29H35N3O7. The van der Waals surface area contributed by atoms with Gasteiger partial charge in [0.1, 0.15) is 18.7 Å². The van der Waals surface area contributed by atoms with Gasteiger partial charge in [-0.05, 0) is 25.2 Å². The van der Waals surface area contributed by atoms with Gasteiger partial charge in [-0.25, -0.2) is 9.78 Å². The maximum absolute atomic E-state index is 13.0. The SMILES string of the molecule is CC.CC(=O)OC1C(=O)OCc2c1cc1n(c2=O)Cc2cc3ccccc3nc2-1.CCC(=O)CCC=O.CN. The Morgan fingerprint density at radius 3 is 2.51 bits per heavy atom. The zero-order chi connectivity index (χ0) is 29.1. The Labute approximate surface area is 227 Å². The molecule has 2 aromatic heterocycles. The Kier molecular flexibility index (Phi) is 11.7. The van der Waals surface area contributed by atoms with E-state index in [-0.39, 0.29) is 17.9 Å². The number of aldehydes is 1. The number of aromatic nitrogens is 2. The molecule has 0 fully saturated rings. The van der Waals surface area contributed by atoms with Crippen LogP contribution in [-0.2, 0) is 41.8 Å². The van der Waals surface area contributed by atoms with Crippen LogP contribution in [0.3, 0.4) is 0 Å². The van der Waals surface area contributed by atoms with Crippen LogP contribution in [0.15, 0.2) is 41.2 Å². The lowest BCUT2D eigenvalue weighted by molar-refractivity contribution is -0.170. The molecule has 0 saturated heterocycles. The zero-order valence-corrected chi connectivity index (χ0v) is 23.0. The molecule has 0 aliphatic carbocycles. The molecule has 0 amide bonds. The summed E-state index contributed by atoms with van der Waals surface area (Å²) >= 11 is 0. The van der Waals surface area contributed by atoms with Gasteiger partial charge in [0.15, 0.2) is 0 Å². The van der Waals surface area contributed by atoms with E-state index in [2.05, 4.69) is 5.73 Å². The minimum Gasteiger partial charge on any atom is -0.458 e. The molecule has 2 aliphatic rings. The van der Waals surface area contributed by atoms with Crippen LogP contribution in [0.4, 0.5) is 0 Å². The second-order valence-corrected chi connectivity index (χ2v) is 8.24. The van der Waals surface area contributed by atoms with Crippen molar-refractivity contribution in [1.82, 2.24) is 9.55 Å². The Morgan fingerprint density at radius 1 is 1.18 bits per heavy atom. The van der Waals surface area contributed by atoms with Crippen molar-refractivity contribution in [3.8, 4) is 11.4 Å². The van der Waals surface area contributed by atoms with E-state index in [1.807, 2.05) is 44.2 Å². The molecule has 39 heavy (non-hydrogen) atoms. The van der Waals surface area contributed by atoms with Crippen molar-refractivity contribution in [2.75, 3.05) is 7.05 Å². The number of rotatable bonds is 5. The third kappa shape index (κ3) is 7.02. The van der Waals surface area contributed by atoms with Crippen molar-refractivity contribution in [2.24, 2.45) is 5.73 Å². The van der Waals surface area contributed by atoms with Crippen LogP contribution in [0, 0.1) is 0 Å². The normalized spacial score (nSPS) is 13.9. The summed E-state index contributed by atoms with van der Waals surface area (Å²) in [6, 6.07) is 11.5. The minimum atomic E-state index is -1.23. The number of cyclic esters (lactones) is 1. The first-order valence-corrected chi connectivity index (χ1v) is 12.9. The molecule has 2 aliphatic heterocycles. The number of carbonyl (C=O) groups is 4. The number of benzene rings is 1. The first-order valence-electron chi connectivity index (χ1n) is 12.9. The largest absolute Gasteiger partial charge is 0.458 e. The van der Waals surface area contributed by atoms with Crippen LogP contribution >= 0.6 is 0 Å². The smallest absolute Gasteiger partial charge is 0.352 e. The van der Waals surface area contributed by atoms with Crippen LogP contribution in [0.25, 0.3) is 22.3 Å². The average molecular weight is 538 g/mol. The number of pyridine rings is 2. The predicted molar refractivity (Wildman–Crippen MR) is 147 cm³/mol. The van der Waals surface area contributed by atoms with Crippen molar-refractivity contribution < 1.29 is 28.7 Å². The molecule has 208 valence electrons. The fourth-order valence-corrected chi connectivity index (χ4v) is 4.13. The van der Waals surface area contributed by atoms with Crippen molar-refractivity contribution in [1.29, 1.82) is 0 Å². The van der Waals surface area contributed by atoms with E-state index < -0.39 is 18.0 Å². The molecule has 0 radical (unpaired) electrons. The van der Waals surface area contributed by atoms with E-state index in [9.17, 15) is 24.0 Å². The molecule has 1 unspecified atom stereocenters. The molecule has 0 bridgehead atoms. The van der Waals surface area contributed by atoms with Crippen LogP contribution in [0.2, 0.25) is 0 Å². The molecule has 0 saturated carbocycles. The topological polar surface area (TPSA) is 148 Å². The van der Waals surface area contributed by atoms with Gasteiger partial charge in [-0.2, -0.15) is 0 Å². The second kappa shape index (κ2) is 14.7. The Hall–Kier alpha value is -4.18. The van der Waals surface area contributed by atoms with E-state index in [0.29, 0.717) is 48.3 Å². The highest BCUT2D eigenvalue weighted by atomic mass is 16.6. The summed E-state index contributed by atoms with van der Waals surface area (Å²) < 4.78 is 11.8. The molecule has 0 spiro atoms. The fraction of sp³-hybridized carbons (Fsp3) is 0.379. The standard InChI is InChI=1S/C20H14N2O5.C6H10O2.C2H6.CH5N/c1-10(23)27-18-13-7-16-17-12(6-11-4-2-3-5-15(11)21-17)8-22(16)19(24)14(13)9-26-20(18)25;1-2-6(8)4-3-5-7;2*1-2/h2-7,18H,8-9H2,1H3;5H,2-4H2,1H3;1-2H3;2H2,1H3.